The predicted molar refractivity (Wildman–Crippen MR) is 125 cm³/mol. The number of carboxylic acids is 1. The standard InChI is InChI=1S/C23H24N2O4S.ClH/c1-10-17-15(24)4-3-5-16(17)30-22(10)18-12(11-6-7-11)8-13-19(21(18)29-2)25-9-14(20(13)26)23(27)28;/h8-9,11,15H,3-7,24H2,1-2H3,(H,25,26)(H,27,28);1H. The summed E-state index contributed by atoms with van der Waals surface area (Å²) < 4.78 is 5.86. The highest BCUT2D eigenvalue weighted by Gasteiger charge is 2.33. The highest BCUT2D eigenvalue weighted by Crippen LogP contribution is 2.53. The molecule has 31 heavy (non-hydrogen) atoms. The molecule has 6 nitrogen and oxygen atoms in total. The third kappa shape index (κ3) is 3.35. The number of aromatic nitrogens is 1. The van der Waals surface area contributed by atoms with Gasteiger partial charge in [-0.2, -0.15) is 0 Å². The van der Waals surface area contributed by atoms with Crippen LogP contribution in [0.4, 0.5) is 0 Å². The first-order valence-corrected chi connectivity index (χ1v) is 11.1. The Bertz CT molecular complexity index is 1260. The first kappa shape index (κ1) is 21.9. The molecule has 0 aliphatic heterocycles. The van der Waals surface area contributed by atoms with Crippen molar-refractivity contribution in [2.24, 2.45) is 5.73 Å². The van der Waals surface area contributed by atoms with Crippen LogP contribution in [0.1, 0.15) is 69.6 Å². The van der Waals surface area contributed by atoms with Gasteiger partial charge in [0.1, 0.15) is 5.56 Å². The zero-order chi connectivity index (χ0) is 21.2. The van der Waals surface area contributed by atoms with Crippen molar-refractivity contribution in [3.05, 3.63) is 49.6 Å². The van der Waals surface area contributed by atoms with E-state index in [1.165, 1.54) is 22.2 Å². The highest BCUT2D eigenvalue weighted by atomic mass is 35.5. The van der Waals surface area contributed by atoms with Gasteiger partial charge in [0.2, 0.25) is 5.43 Å². The largest absolute Gasteiger partial charge is 0.494 e. The monoisotopic (exact) mass is 460 g/mol. The maximum absolute atomic E-state index is 12.9. The number of aromatic carboxylic acids is 1. The zero-order valence-corrected chi connectivity index (χ0v) is 19.0. The molecule has 1 aromatic carbocycles. The van der Waals surface area contributed by atoms with E-state index in [9.17, 15) is 14.7 Å². The Morgan fingerprint density at radius 3 is 2.68 bits per heavy atom. The number of H-pyrrole nitrogens is 1. The molecule has 0 saturated heterocycles. The van der Waals surface area contributed by atoms with Gasteiger partial charge in [0.05, 0.1) is 18.0 Å². The van der Waals surface area contributed by atoms with Crippen LogP contribution in [0.25, 0.3) is 21.3 Å². The number of carboxylic acid groups (broad SMARTS) is 1. The van der Waals surface area contributed by atoms with E-state index in [2.05, 4.69) is 11.9 Å². The highest BCUT2D eigenvalue weighted by molar-refractivity contribution is 7.16. The van der Waals surface area contributed by atoms with E-state index in [0.29, 0.717) is 22.6 Å². The molecule has 2 heterocycles. The van der Waals surface area contributed by atoms with Crippen molar-refractivity contribution in [1.82, 2.24) is 4.98 Å². The van der Waals surface area contributed by atoms with E-state index >= 15 is 0 Å². The van der Waals surface area contributed by atoms with Gasteiger partial charge in [-0.3, -0.25) is 4.79 Å². The van der Waals surface area contributed by atoms with Gasteiger partial charge in [-0.1, -0.05) is 0 Å². The van der Waals surface area contributed by atoms with Gasteiger partial charge in [-0.15, -0.1) is 23.7 Å². The molecule has 0 spiro atoms. The van der Waals surface area contributed by atoms with Crippen LogP contribution >= 0.6 is 23.7 Å². The van der Waals surface area contributed by atoms with Crippen molar-refractivity contribution >= 4 is 40.6 Å². The van der Waals surface area contributed by atoms with Crippen LogP contribution in [0.3, 0.4) is 0 Å². The van der Waals surface area contributed by atoms with Crippen LogP contribution in [0, 0.1) is 6.92 Å². The molecule has 1 atom stereocenters. The van der Waals surface area contributed by atoms with Gasteiger partial charge in [-0.05, 0) is 67.7 Å². The summed E-state index contributed by atoms with van der Waals surface area (Å²) in [6.45, 7) is 2.13. The van der Waals surface area contributed by atoms with E-state index in [-0.39, 0.29) is 24.0 Å². The summed E-state index contributed by atoms with van der Waals surface area (Å²) in [5.74, 6) is -0.262. The summed E-state index contributed by atoms with van der Waals surface area (Å²) in [6.07, 6.45) is 6.52. The molecule has 1 saturated carbocycles. The minimum Gasteiger partial charge on any atom is -0.494 e. The van der Waals surface area contributed by atoms with E-state index in [4.69, 9.17) is 10.5 Å². The fourth-order valence-corrected chi connectivity index (χ4v) is 6.27. The lowest BCUT2D eigenvalue weighted by Crippen LogP contribution is -2.16. The molecule has 0 radical (unpaired) electrons. The molecule has 2 aliphatic rings. The number of halogens is 1. The number of thiophene rings is 1. The van der Waals surface area contributed by atoms with Crippen molar-refractivity contribution in [2.45, 2.75) is 51.0 Å². The third-order valence-electron chi connectivity index (χ3n) is 6.40. The van der Waals surface area contributed by atoms with Crippen LogP contribution in [0.5, 0.6) is 5.75 Å². The van der Waals surface area contributed by atoms with E-state index in [0.717, 1.165) is 48.1 Å². The zero-order valence-electron chi connectivity index (χ0n) is 17.4. The van der Waals surface area contributed by atoms with Crippen molar-refractivity contribution in [3.63, 3.8) is 0 Å². The lowest BCUT2D eigenvalue weighted by Gasteiger charge is -2.19. The quantitative estimate of drug-likeness (QED) is 0.513. The van der Waals surface area contributed by atoms with Crippen molar-refractivity contribution in [3.8, 4) is 16.2 Å². The van der Waals surface area contributed by atoms with Gasteiger partial charge in [0, 0.05) is 27.6 Å². The number of aryl methyl sites for hydroxylation is 1. The fraction of sp³-hybridized carbons (Fsp3) is 0.391. The van der Waals surface area contributed by atoms with Gasteiger partial charge >= 0.3 is 5.97 Å². The average molecular weight is 461 g/mol. The van der Waals surface area contributed by atoms with Gasteiger partial charge < -0.3 is 20.6 Å². The number of rotatable bonds is 4. The van der Waals surface area contributed by atoms with Crippen LogP contribution in [-0.4, -0.2) is 23.2 Å². The molecular weight excluding hydrogens is 436 g/mol. The summed E-state index contributed by atoms with van der Waals surface area (Å²) in [6, 6.07) is 1.95. The Hall–Kier alpha value is -2.35. The maximum atomic E-state index is 12.9. The number of benzene rings is 1. The minimum atomic E-state index is -1.23. The number of methoxy groups -OCH3 is 1. The number of carbonyl (C=O) groups is 1. The van der Waals surface area contributed by atoms with Crippen LogP contribution in [-0.2, 0) is 6.42 Å². The van der Waals surface area contributed by atoms with E-state index < -0.39 is 11.4 Å². The maximum Gasteiger partial charge on any atom is 0.341 e. The fourth-order valence-electron chi connectivity index (χ4n) is 4.79. The third-order valence-corrected chi connectivity index (χ3v) is 7.79. The van der Waals surface area contributed by atoms with Crippen molar-refractivity contribution in [1.29, 1.82) is 0 Å². The first-order valence-electron chi connectivity index (χ1n) is 10.3. The van der Waals surface area contributed by atoms with Crippen molar-refractivity contribution < 1.29 is 14.6 Å². The molecule has 1 fully saturated rings. The number of aromatic amines is 1. The molecular formula is C23H25ClN2O4S. The second kappa shape index (κ2) is 7.97. The minimum absolute atomic E-state index is 0. The van der Waals surface area contributed by atoms with Crippen molar-refractivity contribution in [2.75, 3.05) is 7.11 Å². The Morgan fingerprint density at radius 1 is 1.32 bits per heavy atom. The second-order valence-corrected chi connectivity index (χ2v) is 9.40. The van der Waals surface area contributed by atoms with Gasteiger partial charge in [-0.25, -0.2) is 4.79 Å². The molecule has 8 heteroatoms. The number of ether oxygens (including phenoxy) is 1. The average Bonchev–Trinajstić information content (AvgIpc) is 3.50. The molecule has 1 unspecified atom stereocenters. The molecule has 0 amide bonds. The Labute approximate surface area is 189 Å². The SMILES string of the molecule is COc1c(-c2sc3c(c2C)C(N)CCC3)c(C2CC2)cc2c(=O)c(C(=O)O)c[nH]c12.Cl. The lowest BCUT2D eigenvalue weighted by molar-refractivity contribution is 0.0695. The lowest BCUT2D eigenvalue weighted by atomic mass is 9.89. The van der Waals surface area contributed by atoms with E-state index in [1.807, 2.05) is 6.07 Å². The normalized spacial score (nSPS) is 17.8. The summed E-state index contributed by atoms with van der Waals surface area (Å²) in [5, 5.41) is 9.74. The molecule has 5 rings (SSSR count). The number of nitrogens with one attached hydrogen (secondary N) is 1. The number of fused-ring (bicyclic) bond motifs is 2. The van der Waals surface area contributed by atoms with Gasteiger partial charge in [0.25, 0.3) is 0 Å². The topological polar surface area (TPSA) is 105 Å². The molecule has 2 aliphatic carbocycles. The summed E-state index contributed by atoms with van der Waals surface area (Å²) in [4.78, 5) is 29.9. The van der Waals surface area contributed by atoms with E-state index in [1.54, 1.807) is 18.4 Å². The second-order valence-electron chi connectivity index (χ2n) is 8.30. The summed E-state index contributed by atoms with van der Waals surface area (Å²) in [7, 11) is 1.60. The smallest absolute Gasteiger partial charge is 0.341 e. The van der Waals surface area contributed by atoms with Crippen LogP contribution < -0.4 is 15.9 Å². The number of hydrogen-bond donors (Lipinski definition) is 3. The number of nitrogens with two attached hydrogens (primary N) is 1. The molecule has 164 valence electrons. The molecule has 0 bridgehead atoms. The Balaban J connectivity index is 0.00000231. The first-order chi connectivity index (χ1) is 14.4. The summed E-state index contributed by atoms with van der Waals surface area (Å²) >= 11 is 1.78. The Kier molecular flexibility index (Phi) is 5.62. The number of pyridine rings is 1. The molecule has 3 aromatic rings. The molecule has 4 N–H and O–H groups in total. The van der Waals surface area contributed by atoms with Crippen LogP contribution in [0.2, 0.25) is 0 Å². The Morgan fingerprint density at radius 2 is 2.06 bits per heavy atom. The molecule has 2 aromatic heterocycles. The predicted octanol–water partition coefficient (Wildman–Crippen LogP) is 4.91. The van der Waals surface area contributed by atoms with Crippen LogP contribution in [0.15, 0.2) is 17.1 Å². The number of hydrogen-bond acceptors (Lipinski definition) is 5. The summed E-state index contributed by atoms with van der Waals surface area (Å²) in [5.41, 5.74) is 10.8. The van der Waals surface area contributed by atoms with Gasteiger partial charge in [0.15, 0.2) is 5.75 Å².